The SMILES string of the molecule is COC(=O)c1ccc(C(=O)OC)c(S(=O)(=O)NCCC(C)N)c1.Cl. The summed E-state index contributed by atoms with van der Waals surface area (Å²) in [6.07, 6.45) is 0.420. The van der Waals surface area contributed by atoms with Crippen molar-refractivity contribution in [2.45, 2.75) is 24.3 Å². The predicted molar refractivity (Wildman–Crippen MR) is 89.8 cm³/mol. The molecule has 0 aliphatic rings. The second-order valence-electron chi connectivity index (χ2n) is 4.86. The third kappa shape index (κ3) is 5.75. The Labute approximate surface area is 147 Å². The van der Waals surface area contributed by atoms with E-state index in [1.54, 1.807) is 6.92 Å². The van der Waals surface area contributed by atoms with Crippen LogP contribution in [0.5, 0.6) is 0 Å². The molecule has 1 aromatic carbocycles. The van der Waals surface area contributed by atoms with E-state index in [4.69, 9.17) is 5.73 Å². The molecule has 10 heteroatoms. The highest BCUT2D eigenvalue weighted by atomic mass is 35.5. The molecule has 136 valence electrons. The average Bonchev–Trinajstić information content (AvgIpc) is 2.52. The van der Waals surface area contributed by atoms with Crippen LogP contribution in [0.1, 0.15) is 34.1 Å². The molecular formula is C14H21ClN2O6S. The number of esters is 2. The molecule has 0 saturated carbocycles. The van der Waals surface area contributed by atoms with Crippen LogP contribution < -0.4 is 10.5 Å². The van der Waals surface area contributed by atoms with Gasteiger partial charge in [0.05, 0.1) is 30.2 Å². The van der Waals surface area contributed by atoms with E-state index in [0.29, 0.717) is 6.42 Å². The third-order valence-electron chi connectivity index (χ3n) is 2.99. The minimum atomic E-state index is -4.02. The number of benzene rings is 1. The first kappa shape index (κ1) is 22.3. The van der Waals surface area contributed by atoms with Gasteiger partial charge in [0, 0.05) is 12.6 Å². The van der Waals surface area contributed by atoms with Gasteiger partial charge in [0.15, 0.2) is 0 Å². The van der Waals surface area contributed by atoms with Crippen LogP contribution in [0.2, 0.25) is 0 Å². The summed E-state index contributed by atoms with van der Waals surface area (Å²) in [5, 5.41) is 0. The third-order valence-corrected chi connectivity index (χ3v) is 4.49. The van der Waals surface area contributed by atoms with Gasteiger partial charge in [-0.2, -0.15) is 0 Å². The Morgan fingerprint density at radius 2 is 1.79 bits per heavy atom. The average molecular weight is 381 g/mol. The molecule has 0 radical (unpaired) electrons. The van der Waals surface area contributed by atoms with Crippen molar-refractivity contribution in [3.05, 3.63) is 29.3 Å². The second-order valence-corrected chi connectivity index (χ2v) is 6.59. The zero-order chi connectivity index (χ0) is 17.6. The lowest BCUT2D eigenvalue weighted by molar-refractivity contribution is 0.0583. The van der Waals surface area contributed by atoms with Gasteiger partial charge in [-0.05, 0) is 31.5 Å². The summed E-state index contributed by atoms with van der Waals surface area (Å²) in [7, 11) is -1.71. The van der Waals surface area contributed by atoms with Gasteiger partial charge in [0.2, 0.25) is 10.0 Å². The standard InChI is InChI=1S/C14H20N2O6S.ClH/c1-9(15)6-7-16-23(19,20)12-8-10(13(17)21-2)4-5-11(12)14(18)22-3;/h4-5,8-9,16H,6-7,15H2,1-3H3;1H. The number of ether oxygens (including phenoxy) is 2. The Kier molecular flexibility index (Phi) is 8.91. The van der Waals surface area contributed by atoms with Crippen molar-refractivity contribution >= 4 is 34.4 Å². The van der Waals surface area contributed by atoms with Crippen molar-refractivity contribution in [3.8, 4) is 0 Å². The zero-order valence-electron chi connectivity index (χ0n) is 13.6. The molecule has 3 N–H and O–H groups in total. The number of hydrogen-bond donors (Lipinski definition) is 2. The zero-order valence-corrected chi connectivity index (χ0v) is 15.2. The van der Waals surface area contributed by atoms with Gasteiger partial charge < -0.3 is 15.2 Å². The molecule has 1 rings (SSSR count). The van der Waals surface area contributed by atoms with E-state index in [0.717, 1.165) is 13.2 Å². The van der Waals surface area contributed by atoms with Crippen molar-refractivity contribution in [1.82, 2.24) is 4.72 Å². The number of carbonyl (C=O) groups is 2. The fraction of sp³-hybridized carbons (Fsp3) is 0.429. The molecule has 1 aromatic rings. The topological polar surface area (TPSA) is 125 Å². The van der Waals surface area contributed by atoms with Crippen LogP contribution in [0.25, 0.3) is 0 Å². The van der Waals surface area contributed by atoms with E-state index in [1.807, 2.05) is 0 Å². The Balaban J connectivity index is 0.00000529. The molecule has 0 aromatic heterocycles. The maximum Gasteiger partial charge on any atom is 0.339 e. The summed E-state index contributed by atoms with van der Waals surface area (Å²) in [4.78, 5) is 23.0. The number of carbonyl (C=O) groups excluding carboxylic acids is 2. The van der Waals surface area contributed by atoms with Crippen molar-refractivity contribution in [1.29, 1.82) is 0 Å². The largest absolute Gasteiger partial charge is 0.465 e. The number of sulfonamides is 1. The van der Waals surface area contributed by atoms with Gasteiger partial charge in [0.1, 0.15) is 0 Å². The van der Waals surface area contributed by atoms with Crippen LogP contribution in [0.3, 0.4) is 0 Å². The molecule has 0 fully saturated rings. The molecule has 0 aliphatic heterocycles. The molecule has 0 heterocycles. The lowest BCUT2D eigenvalue weighted by Crippen LogP contribution is -2.30. The fourth-order valence-electron chi connectivity index (χ4n) is 1.77. The molecule has 1 atom stereocenters. The molecule has 0 saturated heterocycles. The van der Waals surface area contributed by atoms with Crippen LogP contribution in [0, 0.1) is 0 Å². The quantitative estimate of drug-likeness (QED) is 0.667. The van der Waals surface area contributed by atoms with Gasteiger partial charge in [-0.3, -0.25) is 0 Å². The van der Waals surface area contributed by atoms with Crippen LogP contribution in [0.15, 0.2) is 23.1 Å². The van der Waals surface area contributed by atoms with E-state index in [-0.39, 0.29) is 41.0 Å². The summed E-state index contributed by atoms with van der Waals surface area (Å²) in [6, 6.07) is 3.39. The number of nitrogens with one attached hydrogen (secondary N) is 1. The van der Waals surface area contributed by atoms with Gasteiger partial charge in [0.25, 0.3) is 0 Å². The number of nitrogens with two attached hydrogens (primary N) is 1. The van der Waals surface area contributed by atoms with E-state index < -0.39 is 22.0 Å². The first-order valence-electron chi connectivity index (χ1n) is 6.79. The molecular weight excluding hydrogens is 360 g/mol. The van der Waals surface area contributed by atoms with Crippen molar-refractivity contribution < 1.29 is 27.5 Å². The fourth-order valence-corrected chi connectivity index (χ4v) is 3.03. The molecule has 0 spiro atoms. The number of methoxy groups -OCH3 is 2. The minimum Gasteiger partial charge on any atom is -0.465 e. The summed E-state index contributed by atoms with van der Waals surface area (Å²) >= 11 is 0. The lowest BCUT2D eigenvalue weighted by Gasteiger charge is -2.12. The first-order valence-corrected chi connectivity index (χ1v) is 8.27. The summed E-state index contributed by atoms with van der Waals surface area (Å²) < 4.78 is 36.3. The Hall–Kier alpha value is -1.68. The lowest BCUT2D eigenvalue weighted by atomic mass is 10.1. The molecule has 0 bridgehead atoms. The first-order chi connectivity index (χ1) is 10.7. The Morgan fingerprint density at radius 3 is 2.29 bits per heavy atom. The summed E-state index contributed by atoms with van der Waals surface area (Å²) in [5.41, 5.74) is 5.41. The normalized spacial score (nSPS) is 12.0. The molecule has 8 nitrogen and oxygen atoms in total. The van der Waals surface area contributed by atoms with Crippen LogP contribution >= 0.6 is 12.4 Å². The van der Waals surface area contributed by atoms with Crippen molar-refractivity contribution in [3.63, 3.8) is 0 Å². The van der Waals surface area contributed by atoms with Crippen molar-refractivity contribution in [2.75, 3.05) is 20.8 Å². The van der Waals surface area contributed by atoms with Gasteiger partial charge in [-0.15, -0.1) is 12.4 Å². The highest BCUT2D eigenvalue weighted by Crippen LogP contribution is 2.19. The number of halogens is 1. The van der Waals surface area contributed by atoms with Gasteiger partial charge in [-0.25, -0.2) is 22.7 Å². The molecule has 24 heavy (non-hydrogen) atoms. The molecule has 0 amide bonds. The molecule has 1 unspecified atom stereocenters. The second kappa shape index (κ2) is 9.58. The van der Waals surface area contributed by atoms with Gasteiger partial charge >= 0.3 is 11.9 Å². The van der Waals surface area contributed by atoms with Crippen molar-refractivity contribution in [2.24, 2.45) is 5.73 Å². The monoisotopic (exact) mass is 380 g/mol. The molecule has 0 aliphatic carbocycles. The Bertz CT molecular complexity index is 691. The summed E-state index contributed by atoms with van der Waals surface area (Å²) in [6.45, 7) is 1.84. The van der Waals surface area contributed by atoms with Crippen LogP contribution in [-0.2, 0) is 19.5 Å². The maximum absolute atomic E-state index is 12.4. The summed E-state index contributed by atoms with van der Waals surface area (Å²) in [5.74, 6) is -1.54. The van der Waals surface area contributed by atoms with E-state index in [2.05, 4.69) is 14.2 Å². The van der Waals surface area contributed by atoms with Crippen LogP contribution in [0.4, 0.5) is 0 Å². The van der Waals surface area contributed by atoms with Crippen LogP contribution in [-0.4, -0.2) is 47.2 Å². The highest BCUT2D eigenvalue weighted by molar-refractivity contribution is 7.89. The number of rotatable bonds is 7. The van der Waals surface area contributed by atoms with E-state index in [9.17, 15) is 18.0 Å². The van der Waals surface area contributed by atoms with Gasteiger partial charge in [-0.1, -0.05) is 0 Å². The minimum absolute atomic E-state index is 0. The van der Waals surface area contributed by atoms with E-state index in [1.165, 1.54) is 19.2 Å². The smallest absolute Gasteiger partial charge is 0.339 e. The highest BCUT2D eigenvalue weighted by Gasteiger charge is 2.25. The number of hydrogen-bond acceptors (Lipinski definition) is 7. The Morgan fingerprint density at radius 1 is 1.21 bits per heavy atom. The maximum atomic E-state index is 12.4. The predicted octanol–water partition coefficient (Wildman–Crippen LogP) is 0.697. The van der Waals surface area contributed by atoms with E-state index >= 15 is 0 Å².